The van der Waals surface area contributed by atoms with Gasteiger partial charge in [0, 0.05) is 23.5 Å². The van der Waals surface area contributed by atoms with Gasteiger partial charge in [-0.05, 0) is 36.4 Å². The predicted octanol–water partition coefficient (Wildman–Crippen LogP) is 1.75. The first kappa shape index (κ1) is 12.9. The first-order valence-electron chi connectivity index (χ1n) is 6.08. The highest BCUT2D eigenvalue weighted by Gasteiger charge is 2.16. The van der Waals surface area contributed by atoms with Crippen LogP contribution in [0.5, 0.6) is 0 Å². The van der Waals surface area contributed by atoms with Crippen molar-refractivity contribution < 1.29 is 9.18 Å². The minimum Gasteiger partial charge on any atom is -0.368 e. The lowest BCUT2D eigenvalue weighted by Gasteiger charge is -2.00. The van der Waals surface area contributed by atoms with Gasteiger partial charge >= 0.3 is 0 Å². The molecule has 0 saturated heterocycles. The van der Waals surface area contributed by atoms with Crippen LogP contribution in [0.15, 0.2) is 48.8 Å². The highest BCUT2D eigenvalue weighted by Crippen LogP contribution is 2.17. The van der Waals surface area contributed by atoms with E-state index in [-0.39, 0.29) is 17.6 Å². The van der Waals surface area contributed by atoms with Crippen LogP contribution in [0.2, 0.25) is 0 Å². The molecule has 7 heteroatoms. The molecule has 0 amide bonds. The van der Waals surface area contributed by atoms with Gasteiger partial charge in [0.2, 0.25) is 5.95 Å². The number of hydrogen-bond acceptors (Lipinski definition) is 5. The van der Waals surface area contributed by atoms with E-state index in [0.29, 0.717) is 11.1 Å². The lowest BCUT2D eigenvalue weighted by molar-refractivity contribution is 0.0948. The Bertz CT molecular complexity index is 783. The van der Waals surface area contributed by atoms with Crippen molar-refractivity contribution in [2.24, 2.45) is 0 Å². The number of benzene rings is 1. The SMILES string of the molecule is Nc1nc(-c2ccc(F)cc2)nn1C(=O)c1ccncc1. The Morgan fingerprint density at radius 3 is 2.43 bits per heavy atom. The fourth-order valence-corrected chi connectivity index (χ4v) is 1.81. The second-order valence-corrected chi connectivity index (χ2v) is 4.25. The maximum Gasteiger partial charge on any atom is 0.281 e. The summed E-state index contributed by atoms with van der Waals surface area (Å²) < 4.78 is 13.9. The van der Waals surface area contributed by atoms with Crippen LogP contribution >= 0.6 is 0 Å². The number of nitrogens with two attached hydrogens (primary N) is 1. The van der Waals surface area contributed by atoms with E-state index in [1.54, 1.807) is 12.1 Å². The van der Waals surface area contributed by atoms with E-state index in [1.165, 1.54) is 36.7 Å². The molecule has 104 valence electrons. The molecule has 21 heavy (non-hydrogen) atoms. The van der Waals surface area contributed by atoms with Gasteiger partial charge in [0.05, 0.1) is 0 Å². The van der Waals surface area contributed by atoms with Crippen molar-refractivity contribution in [3.05, 3.63) is 60.2 Å². The molecule has 2 aromatic heterocycles. The van der Waals surface area contributed by atoms with Crippen molar-refractivity contribution in [1.82, 2.24) is 19.7 Å². The zero-order valence-corrected chi connectivity index (χ0v) is 10.8. The van der Waals surface area contributed by atoms with Crippen LogP contribution < -0.4 is 5.73 Å². The summed E-state index contributed by atoms with van der Waals surface area (Å²) in [7, 11) is 0. The molecule has 6 nitrogen and oxygen atoms in total. The summed E-state index contributed by atoms with van der Waals surface area (Å²) >= 11 is 0. The van der Waals surface area contributed by atoms with Crippen LogP contribution in [0.4, 0.5) is 10.3 Å². The molecule has 0 aliphatic carbocycles. The second kappa shape index (κ2) is 5.12. The number of pyridine rings is 1. The normalized spacial score (nSPS) is 10.5. The topological polar surface area (TPSA) is 86.7 Å². The number of aromatic nitrogens is 4. The zero-order chi connectivity index (χ0) is 14.8. The highest BCUT2D eigenvalue weighted by atomic mass is 19.1. The number of anilines is 1. The third kappa shape index (κ3) is 2.48. The first-order chi connectivity index (χ1) is 10.1. The summed E-state index contributed by atoms with van der Waals surface area (Å²) in [6.45, 7) is 0. The smallest absolute Gasteiger partial charge is 0.281 e. The first-order valence-corrected chi connectivity index (χ1v) is 6.08. The van der Waals surface area contributed by atoms with Gasteiger partial charge in [-0.1, -0.05) is 0 Å². The van der Waals surface area contributed by atoms with Crippen LogP contribution in [-0.2, 0) is 0 Å². The van der Waals surface area contributed by atoms with Gasteiger partial charge in [-0.25, -0.2) is 4.39 Å². The number of carbonyl (C=O) groups excluding carboxylic acids is 1. The number of nitrogens with zero attached hydrogens (tertiary/aromatic N) is 4. The van der Waals surface area contributed by atoms with Gasteiger partial charge in [-0.2, -0.15) is 9.67 Å². The summed E-state index contributed by atoms with van der Waals surface area (Å²) in [4.78, 5) is 20.1. The standard InChI is InChI=1S/C14H10FN5O/c15-11-3-1-9(2-4-11)12-18-14(16)20(19-12)13(21)10-5-7-17-8-6-10/h1-8H,(H2,16,18,19). The molecular formula is C14H10FN5O. The Morgan fingerprint density at radius 2 is 1.76 bits per heavy atom. The van der Waals surface area contributed by atoms with Crippen molar-refractivity contribution >= 4 is 11.9 Å². The number of carbonyl (C=O) groups is 1. The molecule has 0 fully saturated rings. The summed E-state index contributed by atoms with van der Waals surface area (Å²) in [5.74, 6) is -0.541. The predicted molar refractivity (Wildman–Crippen MR) is 73.8 cm³/mol. The van der Waals surface area contributed by atoms with Gasteiger partial charge in [0.25, 0.3) is 5.91 Å². The summed E-state index contributed by atoms with van der Waals surface area (Å²) in [6.07, 6.45) is 3.00. The van der Waals surface area contributed by atoms with Crippen molar-refractivity contribution in [1.29, 1.82) is 0 Å². The third-order valence-electron chi connectivity index (χ3n) is 2.85. The average molecular weight is 283 g/mol. The molecule has 2 heterocycles. The Kier molecular flexibility index (Phi) is 3.15. The Labute approximate surface area is 119 Å². The van der Waals surface area contributed by atoms with Gasteiger partial charge in [-0.15, -0.1) is 5.10 Å². The van der Waals surface area contributed by atoms with Crippen molar-refractivity contribution in [2.45, 2.75) is 0 Å². The van der Waals surface area contributed by atoms with E-state index >= 15 is 0 Å². The van der Waals surface area contributed by atoms with E-state index < -0.39 is 5.91 Å². The molecular weight excluding hydrogens is 273 g/mol. The maximum absolute atomic E-state index is 12.9. The molecule has 0 saturated carbocycles. The molecule has 0 atom stereocenters. The van der Waals surface area contributed by atoms with Crippen LogP contribution in [0.25, 0.3) is 11.4 Å². The van der Waals surface area contributed by atoms with E-state index in [4.69, 9.17) is 5.73 Å². The largest absolute Gasteiger partial charge is 0.368 e. The summed E-state index contributed by atoms with van der Waals surface area (Å²) in [6, 6.07) is 8.73. The quantitative estimate of drug-likeness (QED) is 0.774. The molecule has 0 radical (unpaired) electrons. The van der Waals surface area contributed by atoms with Gasteiger partial charge in [-0.3, -0.25) is 9.78 Å². The molecule has 3 rings (SSSR count). The maximum atomic E-state index is 12.9. The second-order valence-electron chi connectivity index (χ2n) is 4.25. The molecule has 3 aromatic rings. The molecule has 0 unspecified atom stereocenters. The Hall–Kier alpha value is -3.09. The minimum absolute atomic E-state index is 0.0314. The Balaban J connectivity index is 1.98. The van der Waals surface area contributed by atoms with E-state index in [1.807, 2.05) is 0 Å². The van der Waals surface area contributed by atoms with E-state index in [9.17, 15) is 9.18 Å². The monoisotopic (exact) mass is 283 g/mol. The minimum atomic E-state index is -0.407. The fourth-order valence-electron chi connectivity index (χ4n) is 1.81. The van der Waals surface area contributed by atoms with Crippen LogP contribution in [-0.4, -0.2) is 25.7 Å². The van der Waals surface area contributed by atoms with E-state index in [0.717, 1.165) is 4.68 Å². The number of nitrogen functional groups attached to an aromatic ring is 1. The van der Waals surface area contributed by atoms with Gasteiger partial charge < -0.3 is 5.73 Å². The molecule has 1 aromatic carbocycles. The zero-order valence-electron chi connectivity index (χ0n) is 10.8. The molecule has 0 bridgehead atoms. The van der Waals surface area contributed by atoms with Crippen LogP contribution in [0, 0.1) is 5.82 Å². The van der Waals surface area contributed by atoms with Gasteiger partial charge in [0.15, 0.2) is 5.82 Å². The summed E-state index contributed by atoms with van der Waals surface area (Å²) in [5.41, 5.74) is 6.69. The number of hydrogen-bond donors (Lipinski definition) is 1. The molecule has 0 aliphatic heterocycles. The fraction of sp³-hybridized carbons (Fsp3) is 0. The lowest BCUT2D eigenvalue weighted by Crippen LogP contribution is -2.16. The molecule has 0 aliphatic rings. The summed E-state index contributed by atoms with van der Waals surface area (Å²) in [5, 5.41) is 4.07. The van der Waals surface area contributed by atoms with Crippen molar-refractivity contribution in [3.63, 3.8) is 0 Å². The number of rotatable bonds is 2. The lowest BCUT2D eigenvalue weighted by atomic mass is 10.2. The molecule has 2 N–H and O–H groups in total. The number of halogens is 1. The van der Waals surface area contributed by atoms with Crippen LogP contribution in [0.3, 0.4) is 0 Å². The van der Waals surface area contributed by atoms with Crippen LogP contribution in [0.1, 0.15) is 10.4 Å². The average Bonchev–Trinajstić information content (AvgIpc) is 2.90. The van der Waals surface area contributed by atoms with E-state index in [2.05, 4.69) is 15.1 Å². The molecule has 0 spiro atoms. The Morgan fingerprint density at radius 1 is 1.10 bits per heavy atom. The van der Waals surface area contributed by atoms with Gasteiger partial charge in [0.1, 0.15) is 5.82 Å². The van der Waals surface area contributed by atoms with Crippen molar-refractivity contribution in [3.8, 4) is 11.4 Å². The van der Waals surface area contributed by atoms with Crippen molar-refractivity contribution in [2.75, 3.05) is 5.73 Å². The highest BCUT2D eigenvalue weighted by molar-refractivity contribution is 5.96. The third-order valence-corrected chi connectivity index (χ3v) is 2.85.